The third-order valence-corrected chi connectivity index (χ3v) is 4.86. The molecule has 7 heteroatoms. The minimum Gasteiger partial charge on any atom is -0.378 e. The number of anilines is 1. The van der Waals surface area contributed by atoms with Crippen LogP contribution in [-0.2, 0) is 10.9 Å². The summed E-state index contributed by atoms with van der Waals surface area (Å²) in [5, 5.41) is 13.3. The number of ether oxygens (including phenoxy) is 1. The number of nitrogens with zero attached hydrogens (tertiary/aromatic N) is 1. The summed E-state index contributed by atoms with van der Waals surface area (Å²) in [6, 6.07) is 11.0. The Bertz CT molecular complexity index is 874. The highest BCUT2D eigenvalue weighted by atomic mass is 19.4. The van der Waals surface area contributed by atoms with Gasteiger partial charge in [-0.2, -0.15) is 13.2 Å². The largest absolute Gasteiger partial charge is 0.417 e. The van der Waals surface area contributed by atoms with E-state index in [2.05, 4.69) is 10.2 Å². The fourth-order valence-electron chi connectivity index (χ4n) is 3.49. The van der Waals surface area contributed by atoms with E-state index in [0.29, 0.717) is 24.3 Å². The summed E-state index contributed by atoms with van der Waals surface area (Å²) in [5.74, 6) is 0. The van der Waals surface area contributed by atoms with E-state index in [1.807, 2.05) is 18.2 Å². The molecule has 0 spiro atoms. The van der Waals surface area contributed by atoms with Crippen molar-refractivity contribution in [2.45, 2.75) is 12.4 Å². The highest BCUT2D eigenvalue weighted by molar-refractivity contribution is 5.85. The van der Waals surface area contributed by atoms with Crippen LogP contribution in [0.25, 0.3) is 11.8 Å². The Labute approximate surface area is 154 Å². The first-order valence-corrected chi connectivity index (χ1v) is 8.73. The van der Waals surface area contributed by atoms with Gasteiger partial charge >= 0.3 is 6.18 Å². The lowest BCUT2D eigenvalue weighted by Crippen LogP contribution is -2.36. The zero-order valence-electron chi connectivity index (χ0n) is 14.5. The van der Waals surface area contributed by atoms with E-state index in [-0.39, 0.29) is 11.3 Å². The number of alkyl halides is 3. The Kier molecular flexibility index (Phi) is 4.57. The van der Waals surface area contributed by atoms with E-state index in [1.165, 1.54) is 12.1 Å². The predicted octanol–water partition coefficient (Wildman–Crippen LogP) is 3.63. The number of halogens is 3. The SMILES string of the molecule is O[C@@H]1NC(c2ccccc2C(F)(F)F)=Cc2ccc(N3CCOCC3)cc21. The minimum atomic E-state index is -4.47. The van der Waals surface area contributed by atoms with Crippen molar-refractivity contribution in [1.82, 2.24) is 5.32 Å². The smallest absolute Gasteiger partial charge is 0.378 e. The van der Waals surface area contributed by atoms with E-state index >= 15 is 0 Å². The van der Waals surface area contributed by atoms with E-state index in [0.717, 1.165) is 24.8 Å². The van der Waals surface area contributed by atoms with E-state index < -0.39 is 18.0 Å². The lowest BCUT2D eigenvalue weighted by Gasteiger charge is -2.31. The molecule has 2 aliphatic heterocycles. The number of nitrogens with one attached hydrogen (secondary N) is 1. The molecule has 0 amide bonds. The van der Waals surface area contributed by atoms with Crippen LogP contribution in [0.5, 0.6) is 0 Å². The van der Waals surface area contributed by atoms with Gasteiger partial charge < -0.3 is 20.1 Å². The summed E-state index contributed by atoms with van der Waals surface area (Å²) in [4.78, 5) is 2.16. The molecule has 0 bridgehead atoms. The lowest BCUT2D eigenvalue weighted by atomic mass is 9.95. The normalized spacial score (nSPS) is 19.9. The van der Waals surface area contributed by atoms with Gasteiger partial charge in [0.25, 0.3) is 0 Å². The van der Waals surface area contributed by atoms with Crippen molar-refractivity contribution in [3.63, 3.8) is 0 Å². The van der Waals surface area contributed by atoms with Crippen LogP contribution in [0.3, 0.4) is 0 Å². The number of benzene rings is 2. The Balaban J connectivity index is 1.71. The molecule has 0 saturated carbocycles. The van der Waals surface area contributed by atoms with Crippen molar-refractivity contribution >= 4 is 17.5 Å². The lowest BCUT2D eigenvalue weighted by molar-refractivity contribution is -0.137. The fraction of sp³-hybridized carbons (Fsp3) is 0.300. The molecule has 4 rings (SSSR count). The molecule has 2 heterocycles. The standard InChI is InChI=1S/C20H19F3N2O2/c21-20(22,23)17-4-2-1-3-15(17)18-11-13-5-6-14(12-16(13)19(26)24-18)25-7-9-27-10-8-25/h1-6,11-12,19,24,26H,7-10H2/t19-/m0/s1. The van der Waals surface area contributed by atoms with Gasteiger partial charge in [-0.05, 0) is 29.8 Å². The summed E-state index contributed by atoms with van der Waals surface area (Å²) in [7, 11) is 0. The van der Waals surface area contributed by atoms with Crippen LogP contribution < -0.4 is 10.2 Å². The first-order chi connectivity index (χ1) is 12.9. The Morgan fingerprint density at radius 2 is 1.81 bits per heavy atom. The first-order valence-electron chi connectivity index (χ1n) is 8.73. The summed E-state index contributed by atoms with van der Waals surface area (Å²) >= 11 is 0. The van der Waals surface area contributed by atoms with Crippen molar-refractivity contribution in [2.24, 2.45) is 0 Å². The van der Waals surface area contributed by atoms with E-state index in [9.17, 15) is 18.3 Å². The predicted molar refractivity (Wildman–Crippen MR) is 96.9 cm³/mol. The Morgan fingerprint density at radius 3 is 2.56 bits per heavy atom. The second-order valence-electron chi connectivity index (χ2n) is 6.56. The first kappa shape index (κ1) is 17.9. The van der Waals surface area contributed by atoms with Gasteiger partial charge in [-0.3, -0.25) is 0 Å². The number of hydrogen-bond acceptors (Lipinski definition) is 4. The average Bonchev–Trinajstić information content (AvgIpc) is 2.68. The molecule has 4 nitrogen and oxygen atoms in total. The van der Waals surface area contributed by atoms with Gasteiger partial charge in [0.2, 0.25) is 0 Å². The maximum Gasteiger partial charge on any atom is 0.417 e. The van der Waals surface area contributed by atoms with Crippen LogP contribution >= 0.6 is 0 Å². The van der Waals surface area contributed by atoms with E-state index in [1.54, 1.807) is 12.1 Å². The Morgan fingerprint density at radius 1 is 1.07 bits per heavy atom. The van der Waals surface area contributed by atoms with Gasteiger partial charge in [-0.1, -0.05) is 24.3 Å². The average molecular weight is 376 g/mol. The topological polar surface area (TPSA) is 44.7 Å². The molecule has 0 radical (unpaired) electrons. The summed E-state index contributed by atoms with van der Waals surface area (Å²) in [6.07, 6.45) is -3.90. The fourth-order valence-corrected chi connectivity index (χ4v) is 3.49. The van der Waals surface area contributed by atoms with Crippen LogP contribution in [0, 0.1) is 0 Å². The minimum absolute atomic E-state index is 0.0203. The van der Waals surface area contributed by atoms with Crippen molar-refractivity contribution in [2.75, 3.05) is 31.2 Å². The highest BCUT2D eigenvalue weighted by Crippen LogP contribution is 2.38. The summed E-state index contributed by atoms with van der Waals surface area (Å²) in [6.45, 7) is 2.83. The summed E-state index contributed by atoms with van der Waals surface area (Å²) in [5.41, 5.74) is 1.85. The number of aliphatic hydroxyl groups is 1. The molecular formula is C20H19F3N2O2. The molecule has 0 aromatic heterocycles. The third-order valence-electron chi connectivity index (χ3n) is 4.86. The van der Waals surface area contributed by atoms with Crippen LogP contribution in [0.4, 0.5) is 18.9 Å². The van der Waals surface area contributed by atoms with Gasteiger partial charge in [0.15, 0.2) is 6.23 Å². The van der Waals surface area contributed by atoms with Crippen LogP contribution in [-0.4, -0.2) is 31.4 Å². The molecular weight excluding hydrogens is 357 g/mol. The van der Waals surface area contributed by atoms with Crippen molar-refractivity contribution < 1.29 is 23.0 Å². The molecule has 1 atom stereocenters. The quantitative estimate of drug-likeness (QED) is 0.840. The second kappa shape index (κ2) is 6.90. The number of rotatable bonds is 2. The molecule has 2 N–H and O–H groups in total. The van der Waals surface area contributed by atoms with Crippen molar-refractivity contribution in [3.8, 4) is 0 Å². The highest BCUT2D eigenvalue weighted by Gasteiger charge is 2.34. The number of hydrogen-bond donors (Lipinski definition) is 2. The molecule has 2 aromatic carbocycles. The molecule has 0 unspecified atom stereocenters. The Hall–Kier alpha value is -2.51. The van der Waals surface area contributed by atoms with Gasteiger partial charge in [-0.25, -0.2) is 0 Å². The van der Waals surface area contributed by atoms with Gasteiger partial charge in [-0.15, -0.1) is 0 Å². The summed E-state index contributed by atoms with van der Waals surface area (Å²) < 4.78 is 45.3. The zero-order valence-corrected chi connectivity index (χ0v) is 14.5. The third kappa shape index (κ3) is 3.52. The molecule has 1 saturated heterocycles. The van der Waals surface area contributed by atoms with Crippen LogP contribution in [0.2, 0.25) is 0 Å². The maximum absolute atomic E-state index is 13.3. The van der Waals surface area contributed by atoms with Crippen molar-refractivity contribution in [1.29, 1.82) is 0 Å². The van der Waals surface area contributed by atoms with Gasteiger partial charge in [0.05, 0.1) is 18.8 Å². The number of fused-ring (bicyclic) bond motifs is 1. The van der Waals surface area contributed by atoms with Crippen molar-refractivity contribution in [3.05, 3.63) is 64.7 Å². The molecule has 0 aliphatic carbocycles. The molecule has 27 heavy (non-hydrogen) atoms. The van der Waals surface area contributed by atoms with Crippen LogP contribution in [0.1, 0.15) is 28.5 Å². The number of aliphatic hydroxyl groups excluding tert-OH is 1. The zero-order chi connectivity index (χ0) is 19.0. The van der Waals surface area contributed by atoms with Gasteiger partial charge in [0, 0.05) is 35.6 Å². The monoisotopic (exact) mass is 376 g/mol. The maximum atomic E-state index is 13.3. The molecule has 2 aromatic rings. The van der Waals surface area contributed by atoms with Gasteiger partial charge in [0.1, 0.15) is 0 Å². The molecule has 2 aliphatic rings. The molecule has 1 fully saturated rings. The van der Waals surface area contributed by atoms with Crippen LogP contribution in [0.15, 0.2) is 42.5 Å². The number of morpholine rings is 1. The molecule has 142 valence electrons. The van der Waals surface area contributed by atoms with E-state index in [4.69, 9.17) is 4.74 Å². The second-order valence-corrected chi connectivity index (χ2v) is 6.56.